The molecule has 1 amide bonds. The SMILES string of the molecule is Cc1cc(CNC(=O)c2sc3nnccc3c2N)on1. The molecule has 0 atom stereocenters. The van der Waals surface area contributed by atoms with Gasteiger partial charge in [0.2, 0.25) is 0 Å². The van der Waals surface area contributed by atoms with E-state index in [9.17, 15) is 4.79 Å². The van der Waals surface area contributed by atoms with Crippen LogP contribution in [0.25, 0.3) is 10.2 Å². The van der Waals surface area contributed by atoms with E-state index in [1.54, 1.807) is 18.3 Å². The molecule has 0 saturated heterocycles. The number of aryl methyl sites for hydroxylation is 1. The Balaban J connectivity index is 1.80. The van der Waals surface area contributed by atoms with Gasteiger partial charge in [-0.1, -0.05) is 5.16 Å². The van der Waals surface area contributed by atoms with Crippen LogP contribution in [0.5, 0.6) is 0 Å². The zero-order valence-electron chi connectivity index (χ0n) is 10.6. The van der Waals surface area contributed by atoms with Crippen molar-refractivity contribution in [3.8, 4) is 0 Å². The van der Waals surface area contributed by atoms with Gasteiger partial charge in [0.05, 0.1) is 24.1 Å². The number of nitrogen functional groups attached to an aromatic ring is 1. The minimum atomic E-state index is -0.264. The molecule has 0 aliphatic carbocycles. The van der Waals surface area contributed by atoms with E-state index in [-0.39, 0.29) is 12.5 Å². The molecule has 0 unspecified atom stereocenters. The molecule has 7 nitrogen and oxygen atoms in total. The van der Waals surface area contributed by atoms with Crippen molar-refractivity contribution in [2.45, 2.75) is 13.5 Å². The Hall–Kier alpha value is -2.48. The summed E-state index contributed by atoms with van der Waals surface area (Å²) >= 11 is 1.22. The molecule has 0 aliphatic heterocycles. The maximum absolute atomic E-state index is 12.1. The minimum Gasteiger partial charge on any atom is -0.397 e. The summed E-state index contributed by atoms with van der Waals surface area (Å²) in [7, 11) is 0. The number of carbonyl (C=O) groups excluding carboxylic acids is 1. The number of thiophene rings is 1. The van der Waals surface area contributed by atoms with Crippen molar-refractivity contribution in [1.82, 2.24) is 20.7 Å². The number of nitrogens with zero attached hydrogens (tertiary/aromatic N) is 3. The first kappa shape index (κ1) is 12.5. The van der Waals surface area contributed by atoms with Gasteiger partial charge in [0.1, 0.15) is 9.71 Å². The highest BCUT2D eigenvalue weighted by atomic mass is 32.1. The normalized spacial score (nSPS) is 10.8. The molecule has 0 bridgehead atoms. The van der Waals surface area contributed by atoms with E-state index >= 15 is 0 Å². The van der Waals surface area contributed by atoms with Gasteiger partial charge in [-0.3, -0.25) is 4.79 Å². The van der Waals surface area contributed by atoms with Gasteiger partial charge >= 0.3 is 0 Å². The van der Waals surface area contributed by atoms with Crippen molar-refractivity contribution in [1.29, 1.82) is 0 Å². The molecule has 0 aliphatic rings. The van der Waals surface area contributed by atoms with Crippen LogP contribution in [0.4, 0.5) is 5.69 Å². The molecule has 3 rings (SSSR count). The first-order valence-corrected chi connectivity index (χ1v) is 6.67. The monoisotopic (exact) mass is 289 g/mol. The van der Waals surface area contributed by atoms with Gasteiger partial charge in [-0.15, -0.1) is 16.4 Å². The number of amides is 1. The second kappa shape index (κ2) is 4.89. The van der Waals surface area contributed by atoms with Crippen LogP contribution in [0.15, 0.2) is 22.9 Å². The number of hydrogen-bond acceptors (Lipinski definition) is 7. The molecule has 0 aromatic carbocycles. The number of rotatable bonds is 3. The highest BCUT2D eigenvalue weighted by Gasteiger charge is 2.17. The number of nitrogens with two attached hydrogens (primary N) is 1. The summed E-state index contributed by atoms with van der Waals surface area (Å²) < 4.78 is 5.02. The van der Waals surface area contributed by atoms with Gasteiger partial charge in [0.25, 0.3) is 5.91 Å². The quantitative estimate of drug-likeness (QED) is 0.756. The van der Waals surface area contributed by atoms with Crippen LogP contribution in [-0.2, 0) is 6.54 Å². The molecule has 0 fully saturated rings. The molecule has 0 spiro atoms. The smallest absolute Gasteiger partial charge is 0.263 e. The van der Waals surface area contributed by atoms with Crippen LogP contribution >= 0.6 is 11.3 Å². The van der Waals surface area contributed by atoms with Crippen molar-refractivity contribution in [2.24, 2.45) is 0 Å². The van der Waals surface area contributed by atoms with Crippen LogP contribution in [0.3, 0.4) is 0 Å². The fraction of sp³-hybridized carbons (Fsp3) is 0.167. The van der Waals surface area contributed by atoms with Gasteiger partial charge in [-0.25, -0.2) is 0 Å². The first-order chi connectivity index (χ1) is 9.65. The molecule has 8 heteroatoms. The van der Waals surface area contributed by atoms with Crippen LogP contribution in [0.1, 0.15) is 21.1 Å². The number of nitrogens with one attached hydrogen (secondary N) is 1. The largest absolute Gasteiger partial charge is 0.397 e. The predicted molar refractivity (Wildman–Crippen MR) is 74.2 cm³/mol. The number of fused-ring (bicyclic) bond motifs is 1. The maximum Gasteiger partial charge on any atom is 0.263 e. The van der Waals surface area contributed by atoms with Crippen LogP contribution in [-0.4, -0.2) is 21.3 Å². The molecule has 3 N–H and O–H groups in total. The van der Waals surface area contributed by atoms with Crippen LogP contribution in [0.2, 0.25) is 0 Å². The Bertz CT molecular complexity index is 779. The molecule has 0 radical (unpaired) electrons. The Labute approximate surface area is 117 Å². The summed E-state index contributed by atoms with van der Waals surface area (Å²) in [5.74, 6) is 0.329. The number of hydrogen-bond donors (Lipinski definition) is 2. The minimum absolute atomic E-state index is 0.263. The van der Waals surface area contributed by atoms with Gasteiger partial charge in [-0.2, -0.15) is 5.10 Å². The van der Waals surface area contributed by atoms with Crippen molar-refractivity contribution in [2.75, 3.05) is 5.73 Å². The van der Waals surface area contributed by atoms with Crippen LogP contribution < -0.4 is 11.1 Å². The molecular formula is C12H11N5O2S. The lowest BCUT2D eigenvalue weighted by atomic mass is 10.3. The number of carbonyl (C=O) groups is 1. The second-order valence-electron chi connectivity index (χ2n) is 4.21. The van der Waals surface area contributed by atoms with Crippen molar-refractivity contribution in [3.05, 3.63) is 34.7 Å². The van der Waals surface area contributed by atoms with E-state index in [2.05, 4.69) is 20.7 Å². The fourth-order valence-electron chi connectivity index (χ4n) is 1.79. The van der Waals surface area contributed by atoms with Gasteiger partial charge in [0.15, 0.2) is 5.76 Å². The highest BCUT2D eigenvalue weighted by molar-refractivity contribution is 7.21. The molecular weight excluding hydrogens is 278 g/mol. The standard InChI is InChI=1S/C12H11N5O2S/c1-6-4-7(19-17-6)5-14-11(18)10-9(13)8-2-3-15-16-12(8)20-10/h2-4H,5,13H2,1H3,(H,14,18). The first-order valence-electron chi connectivity index (χ1n) is 5.85. The van der Waals surface area contributed by atoms with E-state index in [4.69, 9.17) is 10.3 Å². The third kappa shape index (κ3) is 2.21. The second-order valence-corrected chi connectivity index (χ2v) is 5.21. The number of anilines is 1. The van der Waals surface area contributed by atoms with Gasteiger partial charge < -0.3 is 15.6 Å². The highest BCUT2D eigenvalue weighted by Crippen LogP contribution is 2.31. The molecule has 20 heavy (non-hydrogen) atoms. The summed E-state index contributed by atoms with van der Waals surface area (Å²) in [6.07, 6.45) is 1.55. The number of aromatic nitrogens is 3. The topological polar surface area (TPSA) is 107 Å². The van der Waals surface area contributed by atoms with Gasteiger partial charge in [-0.05, 0) is 13.0 Å². The van der Waals surface area contributed by atoms with Crippen molar-refractivity contribution in [3.63, 3.8) is 0 Å². The van der Waals surface area contributed by atoms with E-state index < -0.39 is 0 Å². The summed E-state index contributed by atoms with van der Waals surface area (Å²) in [6, 6.07) is 3.50. The van der Waals surface area contributed by atoms with Crippen molar-refractivity contribution >= 4 is 33.1 Å². The Morgan fingerprint density at radius 1 is 1.55 bits per heavy atom. The Morgan fingerprint density at radius 2 is 2.40 bits per heavy atom. The maximum atomic E-state index is 12.1. The Kier molecular flexibility index (Phi) is 3.07. The van der Waals surface area contributed by atoms with E-state index in [1.807, 2.05) is 6.92 Å². The molecule has 0 saturated carbocycles. The fourth-order valence-corrected chi connectivity index (χ4v) is 2.74. The molecule has 3 aromatic heterocycles. The molecule has 102 valence electrons. The third-order valence-electron chi connectivity index (χ3n) is 2.73. The molecule has 3 aromatic rings. The van der Waals surface area contributed by atoms with E-state index in [0.717, 1.165) is 11.1 Å². The van der Waals surface area contributed by atoms with E-state index in [0.29, 0.717) is 21.2 Å². The zero-order chi connectivity index (χ0) is 14.1. The average molecular weight is 289 g/mol. The third-order valence-corrected chi connectivity index (χ3v) is 3.83. The zero-order valence-corrected chi connectivity index (χ0v) is 11.4. The Morgan fingerprint density at radius 3 is 3.10 bits per heavy atom. The lowest BCUT2D eigenvalue weighted by Gasteiger charge is -2.01. The van der Waals surface area contributed by atoms with E-state index in [1.165, 1.54) is 11.3 Å². The van der Waals surface area contributed by atoms with Crippen molar-refractivity contribution < 1.29 is 9.32 Å². The van der Waals surface area contributed by atoms with Crippen LogP contribution in [0, 0.1) is 6.92 Å². The summed E-state index contributed by atoms with van der Waals surface area (Å²) in [5, 5.41) is 15.0. The van der Waals surface area contributed by atoms with Gasteiger partial charge in [0, 0.05) is 11.5 Å². The molecule has 3 heterocycles. The lowest BCUT2D eigenvalue weighted by molar-refractivity contribution is 0.0952. The summed E-state index contributed by atoms with van der Waals surface area (Å²) in [6.45, 7) is 2.08. The summed E-state index contributed by atoms with van der Waals surface area (Å²) in [5.41, 5.74) is 7.15. The summed E-state index contributed by atoms with van der Waals surface area (Å²) in [4.78, 5) is 13.2. The predicted octanol–water partition coefficient (Wildman–Crippen LogP) is 1.50. The lowest BCUT2D eigenvalue weighted by Crippen LogP contribution is -2.22. The average Bonchev–Trinajstić information content (AvgIpc) is 3.01.